The van der Waals surface area contributed by atoms with E-state index in [4.69, 9.17) is 4.42 Å². The van der Waals surface area contributed by atoms with E-state index < -0.39 is 0 Å². The second-order valence-corrected chi connectivity index (χ2v) is 5.29. The second kappa shape index (κ2) is 6.25. The van der Waals surface area contributed by atoms with Crippen LogP contribution in [0.1, 0.15) is 57.5 Å². The lowest BCUT2D eigenvalue weighted by atomic mass is 9.84. The Morgan fingerprint density at radius 1 is 1.24 bits per heavy atom. The molecule has 1 saturated carbocycles. The molecule has 0 unspecified atom stereocenters. The molecule has 1 atom stereocenters. The summed E-state index contributed by atoms with van der Waals surface area (Å²) >= 11 is 0. The predicted molar refractivity (Wildman–Crippen MR) is 71.0 cm³/mol. The number of aryl methyl sites for hydroxylation is 1. The largest absolute Gasteiger partial charge is 0.465 e. The standard InChI is InChI=1S/C15H25NO/c1-3-14-9-10-15(17-14)11-16-12(2)13-7-5-4-6-8-13/h9-10,12-13,16H,3-8,11H2,1-2H3/t12-/m0/s1. The van der Waals surface area contributed by atoms with Crippen LogP contribution < -0.4 is 5.32 Å². The number of furan rings is 1. The molecule has 1 aliphatic rings. The van der Waals surface area contributed by atoms with Crippen molar-refractivity contribution in [1.82, 2.24) is 5.32 Å². The zero-order valence-electron chi connectivity index (χ0n) is 11.2. The van der Waals surface area contributed by atoms with Crippen molar-refractivity contribution >= 4 is 0 Å². The Balaban J connectivity index is 1.76. The molecule has 0 aliphatic heterocycles. The number of hydrogen-bond acceptors (Lipinski definition) is 2. The fraction of sp³-hybridized carbons (Fsp3) is 0.733. The summed E-state index contributed by atoms with van der Waals surface area (Å²) in [4.78, 5) is 0. The first-order chi connectivity index (χ1) is 8.29. The molecule has 1 heterocycles. The first-order valence-corrected chi connectivity index (χ1v) is 7.10. The fourth-order valence-electron chi connectivity index (χ4n) is 2.77. The third-order valence-electron chi connectivity index (χ3n) is 4.02. The first-order valence-electron chi connectivity index (χ1n) is 7.10. The molecule has 96 valence electrons. The molecule has 0 spiro atoms. The SMILES string of the molecule is CCc1ccc(CN[C@@H](C)C2CCCCC2)o1. The van der Waals surface area contributed by atoms with Crippen LogP contribution in [0.5, 0.6) is 0 Å². The van der Waals surface area contributed by atoms with Crippen molar-refractivity contribution in [2.24, 2.45) is 5.92 Å². The summed E-state index contributed by atoms with van der Waals surface area (Å²) in [5.41, 5.74) is 0. The molecule has 0 aromatic carbocycles. The van der Waals surface area contributed by atoms with Gasteiger partial charge in [0.05, 0.1) is 6.54 Å². The third-order valence-corrected chi connectivity index (χ3v) is 4.02. The average Bonchev–Trinajstić information content (AvgIpc) is 2.85. The summed E-state index contributed by atoms with van der Waals surface area (Å²) in [5, 5.41) is 3.61. The lowest BCUT2D eigenvalue weighted by molar-refractivity contribution is 0.275. The molecule has 1 aliphatic carbocycles. The van der Waals surface area contributed by atoms with Crippen molar-refractivity contribution in [3.05, 3.63) is 23.7 Å². The van der Waals surface area contributed by atoms with Gasteiger partial charge in [0.15, 0.2) is 0 Å². The van der Waals surface area contributed by atoms with E-state index in [0.29, 0.717) is 6.04 Å². The molecule has 1 fully saturated rings. The Kier molecular flexibility index (Phi) is 4.66. The van der Waals surface area contributed by atoms with Gasteiger partial charge in [-0.1, -0.05) is 26.2 Å². The molecule has 1 aromatic heterocycles. The van der Waals surface area contributed by atoms with Gasteiger partial charge in [0.25, 0.3) is 0 Å². The smallest absolute Gasteiger partial charge is 0.117 e. The van der Waals surface area contributed by atoms with Gasteiger partial charge < -0.3 is 9.73 Å². The van der Waals surface area contributed by atoms with Crippen LogP contribution in [0.3, 0.4) is 0 Å². The Hall–Kier alpha value is -0.760. The zero-order chi connectivity index (χ0) is 12.1. The van der Waals surface area contributed by atoms with E-state index in [9.17, 15) is 0 Å². The molecule has 17 heavy (non-hydrogen) atoms. The van der Waals surface area contributed by atoms with Gasteiger partial charge in [0.1, 0.15) is 11.5 Å². The number of nitrogens with one attached hydrogen (secondary N) is 1. The van der Waals surface area contributed by atoms with E-state index in [1.807, 2.05) is 0 Å². The van der Waals surface area contributed by atoms with E-state index in [2.05, 4.69) is 31.3 Å². The third kappa shape index (κ3) is 3.60. The van der Waals surface area contributed by atoms with Crippen molar-refractivity contribution in [3.63, 3.8) is 0 Å². The first kappa shape index (κ1) is 12.7. The summed E-state index contributed by atoms with van der Waals surface area (Å²) in [5.74, 6) is 3.03. The van der Waals surface area contributed by atoms with Gasteiger partial charge in [-0.05, 0) is 37.8 Å². The van der Waals surface area contributed by atoms with Crippen LogP contribution in [-0.2, 0) is 13.0 Å². The average molecular weight is 235 g/mol. The van der Waals surface area contributed by atoms with Crippen LogP contribution in [0.15, 0.2) is 16.5 Å². The topological polar surface area (TPSA) is 25.2 Å². The van der Waals surface area contributed by atoms with E-state index >= 15 is 0 Å². The van der Waals surface area contributed by atoms with Crippen LogP contribution in [0.4, 0.5) is 0 Å². The van der Waals surface area contributed by atoms with Crippen molar-refractivity contribution in [2.75, 3.05) is 0 Å². The van der Waals surface area contributed by atoms with Crippen LogP contribution in [0.2, 0.25) is 0 Å². The van der Waals surface area contributed by atoms with Crippen LogP contribution >= 0.6 is 0 Å². The molecule has 2 heteroatoms. The fourth-order valence-corrected chi connectivity index (χ4v) is 2.77. The molecule has 1 aromatic rings. The highest BCUT2D eigenvalue weighted by molar-refractivity contribution is 5.06. The summed E-state index contributed by atoms with van der Waals surface area (Å²) in [7, 11) is 0. The van der Waals surface area contributed by atoms with Gasteiger partial charge in [0.2, 0.25) is 0 Å². The monoisotopic (exact) mass is 235 g/mol. The predicted octanol–water partition coefficient (Wildman–Crippen LogP) is 3.90. The van der Waals surface area contributed by atoms with Crippen LogP contribution in [-0.4, -0.2) is 6.04 Å². The Bertz CT molecular complexity index is 325. The molecule has 0 saturated heterocycles. The molecule has 2 rings (SSSR count). The number of hydrogen-bond donors (Lipinski definition) is 1. The van der Waals surface area contributed by atoms with Crippen molar-refractivity contribution in [2.45, 2.75) is 65.0 Å². The number of rotatable bonds is 5. The highest BCUT2D eigenvalue weighted by Gasteiger charge is 2.19. The molecule has 2 nitrogen and oxygen atoms in total. The van der Waals surface area contributed by atoms with Gasteiger partial charge in [-0.25, -0.2) is 0 Å². The molecular formula is C15H25NO. The minimum Gasteiger partial charge on any atom is -0.465 e. The highest BCUT2D eigenvalue weighted by Crippen LogP contribution is 2.26. The molecule has 1 N–H and O–H groups in total. The quantitative estimate of drug-likeness (QED) is 0.837. The van der Waals surface area contributed by atoms with Gasteiger partial charge in [-0.2, -0.15) is 0 Å². The summed E-state index contributed by atoms with van der Waals surface area (Å²) < 4.78 is 5.71. The maximum Gasteiger partial charge on any atom is 0.117 e. The van der Waals surface area contributed by atoms with Gasteiger partial charge >= 0.3 is 0 Å². The lowest BCUT2D eigenvalue weighted by Crippen LogP contribution is -2.34. The van der Waals surface area contributed by atoms with Gasteiger partial charge in [-0.3, -0.25) is 0 Å². The van der Waals surface area contributed by atoms with E-state index in [1.54, 1.807) is 0 Å². The normalized spacial score (nSPS) is 19.4. The molecule has 0 amide bonds. The molecular weight excluding hydrogens is 210 g/mol. The van der Waals surface area contributed by atoms with Crippen LogP contribution in [0.25, 0.3) is 0 Å². The van der Waals surface area contributed by atoms with Crippen molar-refractivity contribution in [3.8, 4) is 0 Å². The lowest BCUT2D eigenvalue weighted by Gasteiger charge is -2.28. The maximum absolute atomic E-state index is 5.71. The summed E-state index contributed by atoms with van der Waals surface area (Å²) in [6, 6.07) is 4.80. The molecule has 0 radical (unpaired) electrons. The van der Waals surface area contributed by atoms with E-state index in [0.717, 1.165) is 30.4 Å². The Morgan fingerprint density at radius 2 is 1.94 bits per heavy atom. The van der Waals surface area contributed by atoms with Gasteiger partial charge in [0, 0.05) is 12.5 Å². The van der Waals surface area contributed by atoms with Crippen molar-refractivity contribution < 1.29 is 4.42 Å². The molecule has 0 bridgehead atoms. The summed E-state index contributed by atoms with van der Waals surface area (Å²) in [6.07, 6.45) is 8.04. The van der Waals surface area contributed by atoms with Crippen molar-refractivity contribution in [1.29, 1.82) is 0 Å². The Labute approximate surface area is 105 Å². The maximum atomic E-state index is 5.71. The van der Waals surface area contributed by atoms with Gasteiger partial charge in [-0.15, -0.1) is 0 Å². The minimum atomic E-state index is 0.616. The van der Waals surface area contributed by atoms with E-state index in [1.165, 1.54) is 32.1 Å². The Morgan fingerprint density at radius 3 is 2.59 bits per heavy atom. The van der Waals surface area contributed by atoms with E-state index in [-0.39, 0.29) is 0 Å². The summed E-state index contributed by atoms with van der Waals surface area (Å²) in [6.45, 7) is 5.32. The second-order valence-electron chi connectivity index (χ2n) is 5.29. The zero-order valence-corrected chi connectivity index (χ0v) is 11.2. The van der Waals surface area contributed by atoms with Crippen LogP contribution in [0, 0.1) is 5.92 Å². The highest BCUT2D eigenvalue weighted by atomic mass is 16.3. The minimum absolute atomic E-state index is 0.616.